The Balaban J connectivity index is 3.32. The minimum absolute atomic E-state index is 0.0212. The number of rotatable bonds is 3. The molecule has 14 heavy (non-hydrogen) atoms. The Hall–Kier alpha value is -0.540. The third-order valence-electron chi connectivity index (χ3n) is 1.98. The van der Waals surface area contributed by atoms with E-state index in [4.69, 9.17) is 16.3 Å². The van der Waals surface area contributed by atoms with Gasteiger partial charge in [0.05, 0.1) is 13.0 Å². The number of Topliss-reactive ketones (excluding diaryl/α,β-unsaturated/α-hetero) is 1. The molecule has 2 nitrogen and oxygen atoms in total. The summed E-state index contributed by atoms with van der Waals surface area (Å²) in [6.45, 7) is 1.84. The molecular formula is C10H10BrClO2. The van der Waals surface area contributed by atoms with Crippen molar-refractivity contribution in [2.45, 2.75) is 6.92 Å². The molecule has 0 saturated heterocycles. The highest BCUT2D eigenvalue weighted by Crippen LogP contribution is 2.28. The molecule has 0 amide bonds. The largest absolute Gasteiger partial charge is 0.496 e. The van der Waals surface area contributed by atoms with E-state index in [1.54, 1.807) is 13.2 Å². The predicted octanol–water partition coefficient (Wildman–Crippen LogP) is 3.19. The molecule has 4 heteroatoms. The molecule has 0 aliphatic carbocycles. The number of hydrogen-bond acceptors (Lipinski definition) is 2. The molecule has 0 spiro atoms. The van der Waals surface area contributed by atoms with Crippen molar-refractivity contribution >= 4 is 33.3 Å². The molecule has 0 saturated carbocycles. The van der Waals surface area contributed by atoms with Crippen molar-refractivity contribution in [3.63, 3.8) is 0 Å². The molecule has 0 aliphatic heterocycles. The van der Waals surface area contributed by atoms with E-state index in [9.17, 15) is 4.79 Å². The Bertz CT molecular complexity index is 363. The zero-order valence-electron chi connectivity index (χ0n) is 7.93. The lowest BCUT2D eigenvalue weighted by atomic mass is 10.0. The summed E-state index contributed by atoms with van der Waals surface area (Å²) >= 11 is 8.83. The van der Waals surface area contributed by atoms with Gasteiger partial charge in [0.1, 0.15) is 5.75 Å². The maximum absolute atomic E-state index is 11.5. The van der Waals surface area contributed by atoms with Crippen LogP contribution in [0.3, 0.4) is 0 Å². The van der Waals surface area contributed by atoms with Gasteiger partial charge in [0, 0.05) is 15.6 Å². The average molecular weight is 278 g/mol. The van der Waals surface area contributed by atoms with Crippen molar-refractivity contribution in [3.8, 4) is 5.75 Å². The number of hydrogen-bond donors (Lipinski definition) is 0. The Morgan fingerprint density at radius 2 is 2.21 bits per heavy atom. The summed E-state index contributed by atoms with van der Waals surface area (Å²) in [5.41, 5.74) is 1.41. The van der Waals surface area contributed by atoms with E-state index >= 15 is 0 Å². The Morgan fingerprint density at radius 3 is 2.71 bits per heavy atom. The molecule has 0 unspecified atom stereocenters. The quantitative estimate of drug-likeness (QED) is 0.626. The fraction of sp³-hybridized carbons (Fsp3) is 0.300. The lowest BCUT2D eigenvalue weighted by Gasteiger charge is -2.10. The van der Waals surface area contributed by atoms with Crippen LogP contribution in [0.4, 0.5) is 0 Å². The van der Waals surface area contributed by atoms with E-state index < -0.39 is 0 Å². The Labute approximate surface area is 96.3 Å². The fourth-order valence-electron chi connectivity index (χ4n) is 1.29. The molecule has 0 heterocycles. The van der Waals surface area contributed by atoms with Gasteiger partial charge in [-0.05, 0) is 19.1 Å². The molecule has 0 aliphatic rings. The summed E-state index contributed by atoms with van der Waals surface area (Å²) in [4.78, 5) is 11.5. The van der Waals surface area contributed by atoms with Crippen LogP contribution in [0.1, 0.15) is 15.9 Å². The van der Waals surface area contributed by atoms with Gasteiger partial charge in [-0.3, -0.25) is 4.79 Å². The molecule has 76 valence electrons. The smallest absolute Gasteiger partial charge is 0.179 e. The second-order valence-corrected chi connectivity index (χ2v) is 3.93. The molecule has 1 rings (SSSR count). The van der Waals surface area contributed by atoms with Crippen molar-refractivity contribution in [2.24, 2.45) is 0 Å². The number of carbonyl (C=O) groups excluding carboxylic acids is 1. The summed E-state index contributed by atoms with van der Waals surface area (Å²) in [5.74, 6) is 0.573. The summed E-state index contributed by atoms with van der Waals surface area (Å²) in [7, 11) is 1.57. The van der Waals surface area contributed by atoms with E-state index in [1.807, 2.05) is 13.0 Å². The second kappa shape index (κ2) is 4.80. The molecule has 1 aromatic rings. The highest BCUT2D eigenvalue weighted by molar-refractivity contribution is 9.10. The van der Waals surface area contributed by atoms with E-state index in [0.29, 0.717) is 11.3 Å². The van der Waals surface area contributed by atoms with Gasteiger partial charge in [-0.1, -0.05) is 15.9 Å². The highest BCUT2D eigenvalue weighted by atomic mass is 79.9. The van der Waals surface area contributed by atoms with E-state index in [2.05, 4.69) is 15.9 Å². The minimum Gasteiger partial charge on any atom is -0.496 e. The molecule has 0 atom stereocenters. The van der Waals surface area contributed by atoms with Crippen LogP contribution in [0.15, 0.2) is 16.6 Å². The minimum atomic E-state index is -0.102. The number of ketones is 1. The molecule has 0 N–H and O–H groups in total. The topological polar surface area (TPSA) is 26.3 Å². The van der Waals surface area contributed by atoms with Crippen LogP contribution in [0.2, 0.25) is 0 Å². The number of carbonyl (C=O) groups is 1. The van der Waals surface area contributed by atoms with Crippen LogP contribution in [0.25, 0.3) is 0 Å². The van der Waals surface area contributed by atoms with Crippen LogP contribution in [-0.4, -0.2) is 18.8 Å². The predicted molar refractivity (Wildman–Crippen MR) is 60.5 cm³/mol. The summed E-state index contributed by atoms with van der Waals surface area (Å²) in [6.07, 6.45) is 0. The maximum atomic E-state index is 11.5. The van der Waals surface area contributed by atoms with Gasteiger partial charge in [0.15, 0.2) is 5.78 Å². The lowest BCUT2D eigenvalue weighted by Crippen LogP contribution is -2.05. The SMILES string of the molecule is COc1ccc(Br)c(C(=O)CCl)c1C. The average Bonchev–Trinajstić information content (AvgIpc) is 2.18. The first-order valence-electron chi connectivity index (χ1n) is 4.04. The molecule has 0 radical (unpaired) electrons. The first-order valence-corrected chi connectivity index (χ1v) is 5.36. The first-order chi connectivity index (χ1) is 6.61. The fourth-order valence-corrected chi connectivity index (χ4v) is 2.07. The Morgan fingerprint density at radius 1 is 1.57 bits per heavy atom. The molecule has 0 aromatic heterocycles. The maximum Gasteiger partial charge on any atom is 0.179 e. The van der Waals surface area contributed by atoms with Gasteiger partial charge in [-0.2, -0.15) is 0 Å². The van der Waals surface area contributed by atoms with Crippen LogP contribution >= 0.6 is 27.5 Å². The number of benzene rings is 1. The zero-order valence-corrected chi connectivity index (χ0v) is 10.3. The Kier molecular flexibility index (Phi) is 3.96. The monoisotopic (exact) mass is 276 g/mol. The molecule has 0 bridgehead atoms. The standard InChI is InChI=1S/C10H10BrClO2/c1-6-9(14-2)4-3-7(11)10(6)8(13)5-12/h3-4H,5H2,1-2H3. The molecule has 0 fully saturated rings. The van der Waals surface area contributed by atoms with Crippen LogP contribution in [-0.2, 0) is 0 Å². The first kappa shape index (κ1) is 11.5. The van der Waals surface area contributed by atoms with E-state index in [0.717, 1.165) is 10.0 Å². The van der Waals surface area contributed by atoms with Gasteiger partial charge in [-0.25, -0.2) is 0 Å². The summed E-state index contributed by atoms with van der Waals surface area (Å²) in [5, 5.41) is 0. The van der Waals surface area contributed by atoms with Crippen LogP contribution in [0.5, 0.6) is 5.75 Å². The van der Waals surface area contributed by atoms with Crippen molar-refractivity contribution < 1.29 is 9.53 Å². The third kappa shape index (κ3) is 2.10. The lowest BCUT2D eigenvalue weighted by molar-refractivity contribution is 0.101. The third-order valence-corrected chi connectivity index (χ3v) is 2.89. The normalized spacial score (nSPS) is 10.0. The second-order valence-electron chi connectivity index (χ2n) is 2.81. The van der Waals surface area contributed by atoms with Gasteiger partial charge in [0.25, 0.3) is 0 Å². The number of halogens is 2. The van der Waals surface area contributed by atoms with Crippen molar-refractivity contribution in [1.82, 2.24) is 0 Å². The van der Waals surface area contributed by atoms with Gasteiger partial charge in [-0.15, -0.1) is 11.6 Å². The van der Waals surface area contributed by atoms with Gasteiger partial charge < -0.3 is 4.74 Å². The van der Waals surface area contributed by atoms with Gasteiger partial charge in [0.2, 0.25) is 0 Å². The van der Waals surface area contributed by atoms with Crippen molar-refractivity contribution in [2.75, 3.05) is 13.0 Å². The zero-order chi connectivity index (χ0) is 10.7. The molecule has 1 aromatic carbocycles. The van der Waals surface area contributed by atoms with E-state index in [1.165, 1.54) is 0 Å². The van der Waals surface area contributed by atoms with E-state index in [-0.39, 0.29) is 11.7 Å². The summed E-state index contributed by atoms with van der Waals surface area (Å²) < 4.78 is 5.87. The highest BCUT2D eigenvalue weighted by Gasteiger charge is 2.15. The van der Waals surface area contributed by atoms with Crippen LogP contribution in [0, 0.1) is 6.92 Å². The molecular weight excluding hydrogens is 267 g/mol. The number of ether oxygens (including phenoxy) is 1. The van der Waals surface area contributed by atoms with Crippen LogP contribution < -0.4 is 4.74 Å². The summed E-state index contributed by atoms with van der Waals surface area (Å²) in [6, 6.07) is 3.59. The van der Waals surface area contributed by atoms with Gasteiger partial charge >= 0.3 is 0 Å². The number of alkyl halides is 1. The number of methoxy groups -OCH3 is 1. The van der Waals surface area contributed by atoms with Crippen molar-refractivity contribution in [1.29, 1.82) is 0 Å². The van der Waals surface area contributed by atoms with Crippen molar-refractivity contribution in [3.05, 3.63) is 27.7 Å².